The smallest absolute Gasteiger partial charge is 0.249 e. The van der Waals surface area contributed by atoms with E-state index in [1.54, 1.807) is 6.92 Å². The molecule has 1 saturated heterocycles. The van der Waals surface area contributed by atoms with Crippen LogP contribution >= 0.6 is 0 Å². The van der Waals surface area contributed by atoms with Crippen LogP contribution in [0.2, 0.25) is 0 Å². The molecule has 1 aliphatic heterocycles. The average molecular weight is 296 g/mol. The largest absolute Gasteiger partial charge is 0.376 e. The van der Waals surface area contributed by atoms with Crippen LogP contribution in [0.25, 0.3) is 0 Å². The quantitative estimate of drug-likeness (QED) is 0.431. The Kier molecular flexibility index (Phi) is 6.55. The van der Waals surface area contributed by atoms with Gasteiger partial charge in [-0.1, -0.05) is 26.0 Å². The zero-order chi connectivity index (χ0) is 16.0. The highest BCUT2D eigenvalue weighted by Gasteiger charge is 2.36. The van der Waals surface area contributed by atoms with Crippen LogP contribution in [0.5, 0.6) is 0 Å². The number of nitrogens with zero attached hydrogens (tertiary/aromatic N) is 1. The lowest BCUT2D eigenvalue weighted by Crippen LogP contribution is -2.55. The Morgan fingerprint density at radius 1 is 1.52 bits per heavy atom. The Morgan fingerprint density at radius 3 is 2.67 bits per heavy atom. The van der Waals surface area contributed by atoms with Gasteiger partial charge in [0.25, 0.3) is 0 Å². The standard InChI is InChI=1S/C15H24N2O4/c1-4-6-11(5-2)10(3)15(21)17(9-18)12-7-8-13(19)16-14(12)20/h4,6,10-12,18H,5,7-9H2,1-3H3,(H,16,19,20)/b6-4-. The second kappa shape index (κ2) is 7.93. The first-order valence-electron chi connectivity index (χ1n) is 7.34. The van der Waals surface area contributed by atoms with E-state index in [0.717, 1.165) is 6.42 Å². The average Bonchev–Trinajstić information content (AvgIpc) is 2.46. The monoisotopic (exact) mass is 296 g/mol. The number of aliphatic hydroxyl groups is 1. The topological polar surface area (TPSA) is 86.7 Å². The Balaban J connectivity index is 2.85. The molecule has 0 aromatic heterocycles. The molecule has 3 atom stereocenters. The Bertz CT molecular complexity index is 433. The third kappa shape index (κ3) is 4.14. The molecule has 0 radical (unpaired) electrons. The number of piperidine rings is 1. The van der Waals surface area contributed by atoms with Crippen LogP contribution in [-0.4, -0.2) is 40.5 Å². The maximum atomic E-state index is 12.5. The number of imide groups is 1. The molecule has 6 nitrogen and oxygen atoms in total. The molecule has 0 aromatic carbocycles. The zero-order valence-corrected chi connectivity index (χ0v) is 12.8. The lowest BCUT2D eigenvalue weighted by molar-refractivity contribution is -0.152. The minimum atomic E-state index is -0.772. The fourth-order valence-electron chi connectivity index (χ4n) is 2.65. The Hall–Kier alpha value is -1.69. The lowest BCUT2D eigenvalue weighted by atomic mass is 9.89. The third-order valence-electron chi connectivity index (χ3n) is 3.96. The summed E-state index contributed by atoms with van der Waals surface area (Å²) < 4.78 is 0. The van der Waals surface area contributed by atoms with Gasteiger partial charge in [-0.2, -0.15) is 0 Å². The summed E-state index contributed by atoms with van der Waals surface area (Å²) in [6.07, 6.45) is 5.09. The molecule has 2 N–H and O–H groups in total. The van der Waals surface area contributed by atoms with Gasteiger partial charge in [-0.25, -0.2) is 0 Å². The summed E-state index contributed by atoms with van der Waals surface area (Å²) in [6.45, 7) is 5.15. The third-order valence-corrected chi connectivity index (χ3v) is 3.96. The van der Waals surface area contributed by atoms with Crippen LogP contribution in [-0.2, 0) is 14.4 Å². The van der Waals surface area contributed by atoms with Crippen LogP contribution < -0.4 is 5.32 Å². The number of rotatable bonds is 6. The van der Waals surface area contributed by atoms with E-state index in [-0.39, 0.29) is 36.5 Å². The highest BCUT2D eigenvalue weighted by molar-refractivity contribution is 6.01. The lowest BCUT2D eigenvalue weighted by Gasteiger charge is -2.34. The van der Waals surface area contributed by atoms with Gasteiger partial charge in [0.15, 0.2) is 0 Å². The summed E-state index contributed by atoms with van der Waals surface area (Å²) >= 11 is 0. The maximum absolute atomic E-state index is 12.5. The number of allylic oxidation sites excluding steroid dienone is 2. The summed E-state index contributed by atoms with van der Waals surface area (Å²) in [5.74, 6) is -1.39. The van der Waals surface area contributed by atoms with E-state index in [1.165, 1.54) is 4.90 Å². The fourth-order valence-corrected chi connectivity index (χ4v) is 2.65. The maximum Gasteiger partial charge on any atom is 0.249 e. The fraction of sp³-hybridized carbons (Fsp3) is 0.667. The summed E-state index contributed by atoms with van der Waals surface area (Å²) in [7, 11) is 0. The molecule has 0 bridgehead atoms. The Morgan fingerprint density at radius 2 is 2.19 bits per heavy atom. The van der Waals surface area contributed by atoms with Gasteiger partial charge in [0.05, 0.1) is 0 Å². The van der Waals surface area contributed by atoms with Gasteiger partial charge >= 0.3 is 0 Å². The van der Waals surface area contributed by atoms with Gasteiger partial charge in [0, 0.05) is 12.3 Å². The normalized spacial score (nSPS) is 22.0. The van der Waals surface area contributed by atoms with Crippen LogP contribution in [0.4, 0.5) is 0 Å². The molecular weight excluding hydrogens is 272 g/mol. The Labute approximate surface area is 125 Å². The summed E-state index contributed by atoms with van der Waals surface area (Å²) in [6, 6.07) is -0.772. The van der Waals surface area contributed by atoms with Gasteiger partial charge in [0.2, 0.25) is 17.7 Å². The number of carbonyl (C=O) groups is 3. The van der Waals surface area contributed by atoms with E-state index in [0.29, 0.717) is 0 Å². The van der Waals surface area contributed by atoms with E-state index in [1.807, 2.05) is 26.0 Å². The first-order chi connectivity index (χ1) is 9.96. The van der Waals surface area contributed by atoms with Crippen molar-refractivity contribution in [3.05, 3.63) is 12.2 Å². The highest BCUT2D eigenvalue weighted by atomic mass is 16.3. The SMILES string of the molecule is C/C=C\C(CC)C(C)C(=O)N(CO)C1CCC(=O)NC1=O. The summed E-state index contributed by atoms with van der Waals surface area (Å²) in [4.78, 5) is 36.7. The van der Waals surface area contributed by atoms with Crippen molar-refractivity contribution >= 4 is 17.7 Å². The first-order valence-corrected chi connectivity index (χ1v) is 7.34. The van der Waals surface area contributed by atoms with Crippen LogP contribution in [0.15, 0.2) is 12.2 Å². The predicted molar refractivity (Wildman–Crippen MR) is 77.9 cm³/mol. The molecule has 3 unspecified atom stereocenters. The molecule has 1 rings (SSSR count). The number of amides is 3. The molecule has 1 fully saturated rings. The number of hydrogen-bond acceptors (Lipinski definition) is 4. The van der Waals surface area contributed by atoms with Gasteiger partial charge in [-0.15, -0.1) is 0 Å². The van der Waals surface area contributed by atoms with Crippen LogP contribution in [0.1, 0.15) is 40.0 Å². The van der Waals surface area contributed by atoms with Gasteiger partial charge in [0.1, 0.15) is 12.8 Å². The molecular formula is C15H24N2O4. The van der Waals surface area contributed by atoms with Crippen LogP contribution in [0.3, 0.4) is 0 Å². The van der Waals surface area contributed by atoms with Crippen molar-refractivity contribution < 1.29 is 19.5 Å². The summed E-state index contributed by atoms with van der Waals surface area (Å²) in [5, 5.41) is 11.7. The van der Waals surface area contributed by atoms with E-state index < -0.39 is 18.7 Å². The van der Waals surface area contributed by atoms with Crippen molar-refractivity contribution in [2.75, 3.05) is 6.73 Å². The molecule has 21 heavy (non-hydrogen) atoms. The molecule has 0 saturated carbocycles. The molecule has 0 spiro atoms. The van der Waals surface area contributed by atoms with Gasteiger partial charge in [-0.3, -0.25) is 19.7 Å². The highest BCUT2D eigenvalue weighted by Crippen LogP contribution is 2.22. The number of hydrogen-bond donors (Lipinski definition) is 2. The molecule has 0 aromatic rings. The molecule has 1 heterocycles. The molecule has 3 amide bonds. The second-order valence-electron chi connectivity index (χ2n) is 5.30. The van der Waals surface area contributed by atoms with Gasteiger partial charge in [-0.05, 0) is 25.7 Å². The minimum absolute atomic E-state index is 0.0600. The number of aliphatic hydroxyl groups excluding tert-OH is 1. The van der Waals surface area contributed by atoms with Crippen molar-refractivity contribution in [3.63, 3.8) is 0 Å². The summed E-state index contributed by atoms with van der Waals surface area (Å²) in [5.41, 5.74) is 0. The van der Waals surface area contributed by atoms with Crippen molar-refractivity contribution in [3.8, 4) is 0 Å². The van der Waals surface area contributed by atoms with E-state index in [9.17, 15) is 19.5 Å². The van der Waals surface area contributed by atoms with Crippen molar-refractivity contribution in [1.82, 2.24) is 10.2 Å². The minimum Gasteiger partial charge on any atom is -0.376 e. The van der Waals surface area contributed by atoms with Crippen LogP contribution in [0, 0.1) is 11.8 Å². The number of carbonyl (C=O) groups excluding carboxylic acids is 3. The van der Waals surface area contributed by atoms with Crippen molar-refractivity contribution in [2.45, 2.75) is 46.1 Å². The van der Waals surface area contributed by atoms with Gasteiger partial charge < -0.3 is 10.0 Å². The molecule has 118 valence electrons. The first kappa shape index (κ1) is 17.4. The predicted octanol–water partition coefficient (Wildman–Crippen LogP) is 0.808. The van der Waals surface area contributed by atoms with Crippen molar-refractivity contribution in [2.24, 2.45) is 11.8 Å². The zero-order valence-electron chi connectivity index (χ0n) is 12.8. The molecule has 1 aliphatic rings. The molecule has 6 heteroatoms. The van der Waals surface area contributed by atoms with E-state index in [4.69, 9.17) is 0 Å². The number of nitrogens with one attached hydrogen (secondary N) is 1. The second-order valence-corrected chi connectivity index (χ2v) is 5.30. The van der Waals surface area contributed by atoms with Crippen molar-refractivity contribution in [1.29, 1.82) is 0 Å². The van der Waals surface area contributed by atoms with E-state index >= 15 is 0 Å². The van der Waals surface area contributed by atoms with E-state index in [2.05, 4.69) is 5.32 Å². The molecule has 0 aliphatic carbocycles.